The molecule has 0 saturated heterocycles. The number of imidazole rings is 1. The van der Waals surface area contributed by atoms with Crippen LogP contribution in [-0.4, -0.2) is 24.5 Å². The standard InChI is InChI=1S/C22H18N6O/c1-14(27-21-19-20(24-12-23-19)25-13-26-21)18-11-15-7-5-6-10-17(15)22(29)28(18)16-8-3-2-4-9-16/h2-14H,1H3,(H2,23,24,25,26,27)/t14-/m0/s1. The van der Waals surface area contributed by atoms with Gasteiger partial charge in [0.1, 0.15) is 11.8 Å². The van der Waals surface area contributed by atoms with E-state index in [-0.39, 0.29) is 11.6 Å². The van der Waals surface area contributed by atoms with Crippen LogP contribution in [0, 0.1) is 0 Å². The summed E-state index contributed by atoms with van der Waals surface area (Å²) >= 11 is 0. The molecule has 2 N–H and O–H groups in total. The Bertz CT molecular complexity index is 1370. The average molecular weight is 382 g/mol. The van der Waals surface area contributed by atoms with E-state index in [0.717, 1.165) is 16.8 Å². The van der Waals surface area contributed by atoms with Crippen molar-refractivity contribution in [1.82, 2.24) is 24.5 Å². The molecule has 5 aromatic rings. The summed E-state index contributed by atoms with van der Waals surface area (Å²) < 4.78 is 1.75. The molecule has 0 radical (unpaired) electrons. The summed E-state index contributed by atoms with van der Waals surface area (Å²) in [6, 6.07) is 19.1. The van der Waals surface area contributed by atoms with Gasteiger partial charge in [0.2, 0.25) is 0 Å². The zero-order valence-corrected chi connectivity index (χ0v) is 15.7. The van der Waals surface area contributed by atoms with Crippen molar-refractivity contribution in [3.63, 3.8) is 0 Å². The molecule has 0 unspecified atom stereocenters. The minimum Gasteiger partial charge on any atom is -0.360 e. The molecule has 1 atom stereocenters. The molecule has 0 aliphatic rings. The monoisotopic (exact) mass is 382 g/mol. The fraction of sp³-hybridized carbons (Fsp3) is 0.0909. The molecular weight excluding hydrogens is 364 g/mol. The van der Waals surface area contributed by atoms with Crippen molar-refractivity contribution >= 4 is 27.8 Å². The van der Waals surface area contributed by atoms with Crippen molar-refractivity contribution in [3.05, 3.63) is 89.4 Å². The maximum absolute atomic E-state index is 13.4. The van der Waals surface area contributed by atoms with E-state index >= 15 is 0 Å². The van der Waals surface area contributed by atoms with Crippen LogP contribution in [0.1, 0.15) is 18.7 Å². The first-order chi connectivity index (χ1) is 14.2. The lowest BCUT2D eigenvalue weighted by Gasteiger charge is -2.21. The quantitative estimate of drug-likeness (QED) is 0.493. The smallest absolute Gasteiger partial charge is 0.263 e. The summed E-state index contributed by atoms with van der Waals surface area (Å²) in [6.45, 7) is 2.00. The third-order valence-electron chi connectivity index (χ3n) is 4.98. The number of hydrogen-bond donors (Lipinski definition) is 2. The fourth-order valence-electron chi connectivity index (χ4n) is 3.59. The Balaban J connectivity index is 1.69. The van der Waals surface area contributed by atoms with Gasteiger partial charge in [-0.3, -0.25) is 9.36 Å². The number of aromatic nitrogens is 5. The van der Waals surface area contributed by atoms with Crippen LogP contribution in [0.2, 0.25) is 0 Å². The number of aromatic amines is 1. The summed E-state index contributed by atoms with van der Waals surface area (Å²) in [5.74, 6) is 0.615. The average Bonchev–Trinajstić information content (AvgIpc) is 3.24. The van der Waals surface area contributed by atoms with Crippen molar-refractivity contribution in [2.75, 3.05) is 5.32 Å². The van der Waals surface area contributed by atoms with Crippen LogP contribution in [0.3, 0.4) is 0 Å². The van der Waals surface area contributed by atoms with E-state index in [1.165, 1.54) is 6.33 Å². The van der Waals surface area contributed by atoms with Gasteiger partial charge in [-0.2, -0.15) is 0 Å². The number of nitrogens with zero attached hydrogens (tertiary/aromatic N) is 4. The van der Waals surface area contributed by atoms with E-state index < -0.39 is 0 Å². The topological polar surface area (TPSA) is 88.5 Å². The number of nitrogens with one attached hydrogen (secondary N) is 2. The van der Waals surface area contributed by atoms with E-state index in [2.05, 4.69) is 25.3 Å². The lowest BCUT2D eigenvalue weighted by molar-refractivity contribution is 0.774. The van der Waals surface area contributed by atoms with Crippen LogP contribution in [-0.2, 0) is 0 Å². The Labute approximate surface area is 166 Å². The van der Waals surface area contributed by atoms with Crippen LogP contribution in [0.15, 0.2) is 78.1 Å². The summed E-state index contributed by atoms with van der Waals surface area (Å²) in [5.41, 5.74) is 2.93. The third-order valence-corrected chi connectivity index (χ3v) is 4.98. The molecular formula is C22H18N6O. The minimum absolute atomic E-state index is 0.0504. The lowest BCUT2D eigenvalue weighted by Crippen LogP contribution is -2.25. The number of anilines is 1. The second kappa shape index (κ2) is 6.87. The Morgan fingerprint density at radius 1 is 1.00 bits per heavy atom. The first-order valence-electron chi connectivity index (χ1n) is 9.33. The number of para-hydroxylation sites is 1. The van der Waals surface area contributed by atoms with Crippen LogP contribution in [0.25, 0.3) is 27.6 Å². The molecule has 0 aliphatic carbocycles. The number of rotatable bonds is 4. The SMILES string of the molecule is C[C@H](Nc1ncnc2[nH]cnc12)c1cc2ccccc2c(=O)n1-c1ccccc1. The van der Waals surface area contributed by atoms with Crippen molar-refractivity contribution in [3.8, 4) is 5.69 Å². The Morgan fingerprint density at radius 3 is 2.66 bits per heavy atom. The van der Waals surface area contributed by atoms with Crippen molar-refractivity contribution in [2.24, 2.45) is 0 Å². The molecule has 0 fully saturated rings. The van der Waals surface area contributed by atoms with Gasteiger partial charge in [0.25, 0.3) is 5.56 Å². The first kappa shape index (κ1) is 17.1. The third kappa shape index (κ3) is 2.93. The highest BCUT2D eigenvalue weighted by Crippen LogP contribution is 2.25. The number of fused-ring (bicyclic) bond motifs is 2. The van der Waals surface area contributed by atoms with Crippen LogP contribution in [0.4, 0.5) is 5.82 Å². The zero-order valence-electron chi connectivity index (χ0n) is 15.7. The van der Waals surface area contributed by atoms with E-state index in [0.29, 0.717) is 22.4 Å². The fourth-order valence-corrected chi connectivity index (χ4v) is 3.59. The van der Waals surface area contributed by atoms with Gasteiger partial charge in [-0.05, 0) is 36.6 Å². The van der Waals surface area contributed by atoms with E-state index in [4.69, 9.17) is 0 Å². The second-order valence-corrected chi connectivity index (χ2v) is 6.82. The molecule has 0 aliphatic heterocycles. The predicted molar refractivity (Wildman–Crippen MR) is 113 cm³/mol. The first-order valence-corrected chi connectivity index (χ1v) is 9.33. The molecule has 0 amide bonds. The molecule has 0 spiro atoms. The van der Waals surface area contributed by atoms with Gasteiger partial charge in [0.15, 0.2) is 11.5 Å². The Kier molecular flexibility index (Phi) is 4.05. The molecule has 5 rings (SSSR count). The van der Waals surface area contributed by atoms with Gasteiger partial charge in [-0.15, -0.1) is 0 Å². The minimum atomic E-state index is -0.206. The normalized spacial score (nSPS) is 12.3. The Morgan fingerprint density at radius 2 is 1.79 bits per heavy atom. The molecule has 2 aromatic carbocycles. The Hall–Kier alpha value is -4.00. The zero-order chi connectivity index (χ0) is 19.8. The molecule has 142 valence electrons. The highest BCUT2D eigenvalue weighted by Gasteiger charge is 2.18. The highest BCUT2D eigenvalue weighted by molar-refractivity contribution is 5.84. The van der Waals surface area contributed by atoms with E-state index in [1.807, 2.05) is 67.6 Å². The second-order valence-electron chi connectivity index (χ2n) is 6.82. The summed E-state index contributed by atoms with van der Waals surface area (Å²) in [6.07, 6.45) is 3.07. The van der Waals surface area contributed by atoms with Crippen LogP contribution in [0.5, 0.6) is 0 Å². The van der Waals surface area contributed by atoms with Gasteiger partial charge >= 0.3 is 0 Å². The maximum atomic E-state index is 13.4. The summed E-state index contributed by atoms with van der Waals surface area (Å²) in [5, 5.41) is 4.98. The summed E-state index contributed by atoms with van der Waals surface area (Å²) in [4.78, 5) is 29.2. The van der Waals surface area contributed by atoms with Gasteiger partial charge in [0, 0.05) is 16.8 Å². The number of hydrogen-bond acceptors (Lipinski definition) is 5. The van der Waals surface area contributed by atoms with Crippen molar-refractivity contribution in [2.45, 2.75) is 13.0 Å². The largest absolute Gasteiger partial charge is 0.360 e. The molecule has 0 saturated carbocycles. The van der Waals surface area contributed by atoms with Gasteiger partial charge in [0.05, 0.1) is 12.4 Å². The van der Waals surface area contributed by atoms with Gasteiger partial charge < -0.3 is 10.3 Å². The molecule has 7 heteroatoms. The highest BCUT2D eigenvalue weighted by atomic mass is 16.1. The molecule has 7 nitrogen and oxygen atoms in total. The lowest BCUT2D eigenvalue weighted by atomic mass is 10.1. The summed E-state index contributed by atoms with van der Waals surface area (Å²) in [7, 11) is 0. The molecule has 3 heterocycles. The molecule has 0 bridgehead atoms. The van der Waals surface area contributed by atoms with Gasteiger partial charge in [-0.1, -0.05) is 36.4 Å². The molecule has 3 aromatic heterocycles. The number of pyridine rings is 1. The van der Waals surface area contributed by atoms with Crippen LogP contribution < -0.4 is 10.9 Å². The maximum Gasteiger partial charge on any atom is 0.263 e. The van der Waals surface area contributed by atoms with Crippen molar-refractivity contribution in [1.29, 1.82) is 0 Å². The van der Waals surface area contributed by atoms with E-state index in [9.17, 15) is 4.79 Å². The number of H-pyrrole nitrogens is 1. The van der Waals surface area contributed by atoms with Gasteiger partial charge in [-0.25, -0.2) is 15.0 Å². The predicted octanol–water partition coefficient (Wildman–Crippen LogP) is 3.83. The van der Waals surface area contributed by atoms with Crippen LogP contribution >= 0.6 is 0 Å². The van der Waals surface area contributed by atoms with E-state index in [1.54, 1.807) is 10.9 Å². The number of benzene rings is 2. The molecule has 29 heavy (non-hydrogen) atoms. The van der Waals surface area contributed by atoms with Crippen molar-refractivity contribution < 1.29 is 0 Å².